The van der Waals surface area contributed by atoms with Crippen LogP contribution in [-0.2, 0) is 28.1 Å². The van der Waals surface area contributed by atoms with Crippen LogP contribution in [0, 0.1) is 12.8 Å². The molecule has 0 saturated heterocycles. The predicted octanol–water partition coefficient (Wildman–Crippen LogP) is 20.9. The number of hydrogen-bond acceptors (Lipinski definition) is 0. The molecule has 0 heteroatoms. The normalized spacial score (nSPS) is 12.8. The largest absolute Gasteiger partial charge is 0.0807 e. The fourth-order valence-electron chi connectivity index (χ4n) is 8.59. The highest BCUT2D eigenvalue weighted by molar-refractivity contribution is 6.04. The summed E-state index contributed by atoms with van der Waals surface area (Å²) in [5.41, 5.74) is 16.5. The quantitative estimate of drug-likeness (QED) is 0.138. The van der Waals surface area contributed by atoms with Crippen LogP contribution in [0.4, 0.5) is 0 Å². The molecule has 6 rings (SSSR count). The smallest absolute Gasteiger partial charge is 0.00582 e. The SMILES string of the molecule is CC.CCC.CCCC.CCCCC(C)CC.CCc1c(-c2cc(C(C)(C)C)cc(C(C)(C)C)c2)cc2c(c1-c1c(C)c(-c3cc(C(C)(C)C)cc(C(C)(C)C)c3)cc3ccccc13)=CC=CCC=2. The van der Waals surface area contributed by atoms with E-state index in [1.54, 1.807) is 0 Å². The lowest BCUT2D eigenvalue weighted by Crippen LogP contribution is -2.29. The maximum Gasteiger partial charge on any atom is -0.00582 e. The summed E-state index contributed by atoms with van der Waals surface area (Å²) < 4.78 is 0. The van der Waals surface area contributed by atoms with Gasteiger partial charge in [-0.1, -0.05) is 282 Å². The van der Waals surface area contributed by atoms with E-state index >= 15 is 0 Å². The molecule has 5 aromatic rings. The molecular weight excluding hydrogens is 829 g/mol. The Hall–Kier alpha value is -4.16. The number of unbranched alkanes of at least 4 members (excludes halogenated alkanes) is 2. The second kappa shape index (κ2) is 27.4. The molecule has 1 atom stereocenters. The third-order valence-electron chi connectivity index (χ3n) is 13.5. The first-order valence-electron chi connectivity index (χ1n) is 27.7. The van der Waals surface area contributed by atoms with Crippen molar-refractivity contribution in [3.8, 4) is 33.4 Å². The molecule has 0 fully saturated rings. The van der Waals surface area contributed by atoms with Crippen LogP contribution >= 0.6 is 0 Å². The van der Waals surface area contributed by atoms with E-state index in [9.17, 15) is 0 Å². The van der Waals surface area contributed by atoms with E-state index in [0.29, 0.717) is 0 Å². The van der Waals surface area contributed by atoms with Crippen LogP contribution in [0.25, 0.3) is 56.3 Å². The van der Waals surface area contributed by atoms with Gasteiger partial charge in [-0.05, 0) is 147 Å². The third kappa shape index (κ3) is 17.0. The van der Waals surface area contributed by atoms with Gasteiger partial charge in [-0.3, -0.25) is 0 Å². The highest BCUT2D eigenvalue weighted by Gasteiger charge is 2.26. The number of allylic oxidation sites excluding steroid dienone is 2. The fraction of sp³-hybridized carbons (Fsp3) is 0.536. The van der Waals surface area contributed by atoms with Crippen molar-refractivity contribution >= 4 is 22.9 Å². The van der Waals surface area contributed by atoms with Gasteiger partial charge in [-0.25, -0.2) is 0 Å². The first kappa shape index (κ1) is 61.0. The van der Waals surface area contributed by atoms with Crippen molar-refractivity contribution < 1.29 is 0 Å². The molecule has 0 N–H and O–H groups in total. The Morgan fingerprint density at radius 1 is 0.551 bits per heavy atom. The standard InChI is InChI=1S/C52H62.C8H18.C4H10.C3H8.C2H6/c1-15-42-46(37-27-40(51(9,10)11)32-41(28-37)52(12,13)14)30-35-21-17-16-18-23-44(35)48(42)47-33(2)45(29-34-22-19-20-24-43(34)47)36-25-38(49(3,4)5)31-39(26-36)50(6,7)8;1-4-6-7-8(3)5-2;1-3-4-2;1-3-2;1-2/h16,18-32H,15,17H2,1-14H3;8H,4-7H2,1-3H3;3-4H2,1-2H3;3H2,1-2H3;1-2H3. The molecule has 0 saturated carbocycles. The van der Waals surface area contributed by atoms with Crippen molar-refractivity contribution in [3.05, 3.63) is 129 Å². The summed E-state index contributed by atoms with van der Waals surface area (Å²) in [5, 5.41) is 5.27. The summed E-state index contributed by atoms with van der Waals surface area (Å²) in [7, 11) is 0. The first-order chi connectivity index (χ1) is 32.3. The van der Waals surface area contributed by atoms with Gasteiger partial charge in [-0.2, -0.15) is 0 Å². The van der Waals surface area contributed by atoms with Crippen molar-refractivity contribution in [2.24, 2.45) is 5.92 Å². The second-order valence-electron chi connectivity index (χ2n) is 23.8. The van der Waals surface area contributed by atoms with Crippen LogP contribution in [0.15, 0.2) is 84.9 Å². The lowest BCUT2D eigenvalue weighted by Gasteiger charge is -2.28. The molecule has 5 aromatic carbocycles. The molecule has 0 radical (unpaired) electrons. The zero-order valence-corrected chi connectivity index (χ0v) is 49.2. The number of rotatable bonds is 9. The summed E-state index contributed by atoms with van der Waals surface area (Å²) >= 11 is 0. The van der Waals surface area contributed by atoms with Crippen LogP contribution in [0.2, 0.25) is 0 Å². The highest BCUT2D eigenvalue weighted by Crippen LogP contribution is 2.43. The average Bonchev–Trinajstić information content (AvgIpc) is 3.55. The van der Waals surface area contributed by atoms with Gasteiger partial charge in [0.2, 0.25) is 0 Å². The molecule has 1 aliphatic rings. The van der Waals surface area contributed by atoms with Gasteiger partial charge >= 0.3 is 0 Å². The molecule has 0 spiro atoms. The summed E-state index contributed by atoms with van der Waals surface area (Å²) in [5.74, 6) is 0.954. The Morgan fingerprint density at radius 2 is 1.01 bits per heavy atom. The molecule has 1 unspecified atom stereocenters. The fourth-order valence-corrected chi connectivity index (χ4v) is 8.59. The molecule has 0 heterocycles. The van der Waals surface area contributed by atoms with Gasteiger partial charge in [0.25, 0.3) is 0 Å². The van der Waals surface area contributed by atoms with Gasteiger partial charge in [0, 0.05) is 0 Å². The Kier molecular flexibility index (Phi) is 24.2. The monoisotopic (exact) mass is 933 g/mol. The Bertz CT molecular complexity index is 2440. The molecule has 0 nitrogen and oxygen atoms in total. The molecule has 0 bridgehead atoms. The molecule has 0 amide bonds. The Morgan fingerprint density at radius 3 is 1.43 bits per heavy atom. The van der Waals surface area contributed by atoms with E-state index in [0.717, 1.165) is 18.8 Å². The third-order valence-corrected chi connectivity index (χ3v) is 13.5. The van der Waals surface area contributed by atoms with Crippen molar-refractivity contribution in [2.45, 2.75) is 239 Å². The van der Waals surface area contributed by atoms with Crippen LogP contribution in [-0.4, -0.2) is 0 Å². The van der Waals surface area contributed by atoms with Crippen LogP contribution in [0.5, 0.6) is 0 Å². The van der Waals surface area contributed by atoms with E-state index in [2.05, 4.69) is 242 Å². The molecule has 0 aromatic heterocycles. The van der Waals surface area contributed by atoms with Gasteiger partial charge in [0.15, 0.2) is 0 Å². The Balaban J connectivity index is 0.000000830. The van der Waals surface area contributed by atoms with Gasteiger partial charge in [0.05, 0.1) is 0 Å². The minimum atomic E-state index is 0.0370. The summed E-state index contributed by atoms with van der Waals surface area (Å²) in [6, 6.07) is 28.8. The molecular formula is C69H104. The molecule has 380 valence electrons. The van der Waals surface area contributed by atoms with Crippen LogP contribution < -0.4 is 10.4 Å². The van der Waals surface area contributed by atoms with E-state index < -0.39 is 0 Å². The number of fused-ring (bicyclic) bond motifs is 2. The predicted molar refractivity (Wildman–Crippen MR) is 318 cm³/mol. The zero-order chi connectivity index (χ0) is 52.5. The lowest BCUT2D eigenvalue weighted by molar-refractivity contribution is 0.492. The van der Waals surface area contributed by atoms with Crippen LogP contribution in [0.1, 0.15) is 237 Å². The first-order valence-corrected chi connectivity index (χ1v) is 27.7. The molecule has 69 heavy (non-hydrogen) atoms. The lowest BCUT2D eigenvalue weighted by atomic mass is 9.76. The number of benzene rings is 5. The summed E-state index contributed by atoms with van der Waals surface area (Å²) in [6.07, 6.45) is 20.7. The molecule has 0 aliphatic heterocycles. The maximum absolute atomic E-state index is 2.50. The van der Waals surface area contributed by atoms with Crippen LogP contribution in [0.3, 0.4) is 0 Å². The van der Waals surface area contributed by atoms with Gasteiger partial charge in [0.1, 0.15) is 0 Å². The maximum atomic E-state index is 2.50. The molecule has 1 aliphatic carbocycles. The van der Waals surface area contributed by atoms with Gasteiger partial charge in [-0.15, -0.1) is 0 Å². The van der Waals surface area contributed by atoms with E-state index in [1.807, 2.05) is 13.8 Å². The number of hydrogen-bond donors (Lipinski definition) is 0. The van der Waals surface area contributed by atoms with Crippen molar-refractivity contribution in [2.75, 3.05) is 0 Å². The minimum absolute atomic E-state index is 0.0370. The van der Waals surface area contributed by atoms with Gasteiger partial charge < -0.3 is 0 Å². The van der Waals surface area contributed by atoms with Crippen molar-refractivity contribution in [1.29, 1.82) is 0 Å². The summed E-state index contributed by atoms with van der Waals surface area (Å²) in [6.45, 7) is 52.3. The van der Waals surface area contributed by atoms with E-state index in [1.165, 1.54) is 133 Å². The van der Waals surface area contributed by atoms with E-state index in [-0.39, 0.29) is 21.7 Å². The average molecular weight is 934 g/mol. The minimum Gasteiger partial charge on any atom is -0.0807 e. The highest BCUT2D eigenvalue weighted by atomic mass is 14.3. The zero-order valence-electron chi connectivity index (χ0n) is 49.2. The van der Waals surface area contributed by atoms with Crippen molar-refractivity contribution in [3.63, 3.8) is 0 Å². The topological polar surface area (TPSA) is 0 Å². The summed E-state index contributed by atoms with van der Waals surface area (Å²) in [4.78, 5) is 0. The van der Waals surface area contributed by atoms with Crippen molar-refractivity contribution in [1.82, 2.24) is 0 Å². The Labute approximate surface area is 427 Å². The van der Waals surface area contributed by atoms with E-state index in [4.69, 9.17) is 0 Å². The second-order valence-corrected chi connectivity index (χ2v) is 23.8.